The molecule has 0 aromatic carbocycles. The van der Waals surface area contributed by atoms with Gasteiger partial charge >= 0.3 is 5.97 Å². The summed E-state index contributed by atoms with van der Waals surface area (Å²) in [7, 11) is 0. The predicted octanol–water partition coefficient (Wildman–Crippen LogP) is 4.56. The van der Waals surface area contributed by atoms with Gasteiger partial charge in [-0.2, -0.15) is 0 Å². The molecule has 0 aliphatic heterocycles. The van der Waals surface area contributed by atoms with E-state index in [9.17, 15) is 13.6 Å². The molecular formula is C9H3Br2F2NO3S. The fourth-order valence-electron chi connectivity index (χ4n) is 1.19. The number of rotatable bonds is 3. The molecule has 2 aromatic heterocycles. The molecule has 9 heteroatoms. The van der Waals surface area contributed by atoms with E-state index in [1.54, 1.807) is 6.07 Å². The van der Waals surface area contributed by atoms with Gasteiger partial charge in [0.1, 0.15) is 0 Å². The van der Waals surface area contributed by atoms with E-state index >= 15 is 0 Å². The summed E-state index contributed by atoms with van der Waals surface area (Å²) < 4.78 is 31.5. The zero-order valence-electron chi connectivity index (χ0n) is 8.29. The Bertz CT molecular complexity index is 591. The Morgan fingerprint density at radius 1 is 1.50 bits per heavy atom. The number of aromatic carboxylic acids is 1. The highest BCUT2D eigenvalue weighted by atomic mass is 79.9. The maximum Gasteiger partial charge on any atom is 0.374 e. The van der Waals surface area contributed by atoms with Gasteiger partial charge in [-0.3, -0.25) is 0 Å². The number of hydrogen-bond acceptors (Lipinski definition) is 4. The van der Waals surface area contributed by atoms with Crippen LogP contribution in [-0.4, -0.2) is 16.1 Å². The number of thiophene rings is 1. The first-order valence-electron chi connectivity index (χ1n) is 4.37. The molecule has 0 fully saturated rings. The Morgan fingerprint density at radius 2 is 2.17 bits per heavy atom. The van der Waals surface area contributed by atoms with Gasteiger partial charge in [0.15, 0.2) is 5.69 Å². The number of carbonyl (C=O) groups is 1. The second-order valence-electron chi connectivity index (χ2n) is 3.07. The summed E-state index contributed by atoms with van der Waals surface area (Å²) >= 11 is 7.65. The summed E-state index contributed by atoms with van der Waals surface area (Å²) in [6.07, 6.45) is -3.00. The van der Waals surface area contributed by atoms with Crippen LogP contribution in [0.4, 0.5) is 8.78 Å². The van der Waals surface area contributed by atoms with Crippen LogP contribution in [0.15, 0.2) is 18.7 Å². The van der Waals surface area contributed by atoms with Crippen LogP contribution in [-0.2, 0) is 0 Å². The molecule has 2 heterocycles. The van der Waals surface area contributed by atoms with E-state index in [2.05, 4.69) is 36.8 Å². The van der Waals surface area contributed by atoms with Crippen LogP contribution in [0, 0.1) is 0 Å². The van der Waals surface area contributed by atoms with Gasteiger partial charge in [0.05, 0.1) is 8.66 Å². The molecule has 2 aromatic rings. The van der Waals surface area contributed by atoms with E-state index in [4.69, 9.17) is 9.52 Å². The van der Waals surface area contributed by atoms with E-state index in [-0.39, 0.29) is 5.89 Å². The first kappa shape index (κ1) is 13.6. The normalized spacial score (nSPS) is 11.2. The van der Waals surface area contributed by atoms with Crippen molar-refractivity contribution in [2.45, 2.75) is 6.43 Å². The quantitative estimate of drug-likeness (QED) is 0.817. The molecule has 0 saturated heterocycles. The minimum absolute atomic E-state index is 0.140. The van der Waals surface area contributed by atoms with Crippen LogP contribution in [0.5, 0.6) is 0 Å². The standard InChI is InChI=1S/C9H3Br2F2NO3S/c10-2-1-3(18-6(2)11)8-14-4(7(12)13)5(17-8)9(15)16/h1,7H,(H,15,16). The van der Waals surface area contributed by atoms with Crippen molar-refractivity contribution >= 4 is 49.2 Å². The van der Waals surface area contributed by atoms with E-state index in [1.807, 2.05) is 0 Å². The first-order valence-corrected chi connectivity index (χ1v) is 6.77. The molecule has 0 radical (unpaired) electrons. The van der Waals surface area contributed by atoms with Crippen LogP contribution >= 0.6 is 43.2 Å². The molecule has 1 N–H and O–H groups in total. The molecule has 4 nitrogen and oxygen atoms in total. The molecule has 0 aliphatic rings. The molecule has 18 heavy (non-hydrogen) atoms. The Morgan fingerprint density at radius 3 is 2.56 bits per heavy atom. The van der Waals surface area contributed by atoms with E-state index in [0.717, 1.165) is 3.79 Å². The maximum absolute atomic E-state index is 12.6. The highest BCUT2D eigenvalue weighted by Crippen LogP contribution is 2.39. The van der Waals surface area contributed by atoms with Gasteiger partial charge in [-0.25, -0.2) is 18.6 Å². The first-order chi connectivity index (χ1) is 8.40. The largest absolute Gasteiger partial charge is 0.475 e. The highest BCUT2D eigenvalue weighted by molar-refractivity contribution is 9.13. The zero-order chi connectivity index (χ0) is 13.4. The number of halogens is 4. The van der Waals surface area contributed by atoms with Gasteiger partial charge in [-0.1, -0.05) is 0 Å². The molecule has 96 valence electrons. The second-order valence-corrected chi connectivity index (χ2v) is 6.30. The van der Waals surface area contributed by atoms with Crippen molar-refractivity contribution in [1.29, 1.82) is 0 Å². The average Bonchev–Trinajstić information content (AvgIpc) is 2.83. The van der Waals surface area contributed by atoms with Crippen molar-refractivity contribution < 1.29 is 23.1 Å². The lowest BCUT2D eigenvalue weighted by Crippen LogP contribution is -1.99. The Labute approximate surface area is 120 Å². The number of carboxylic acid groups (broad SMARTS) is 1. The van der Waals surface area contributed by atoms with Crippen molar-refractivity contribution in [1.82, 2.24) is 4.98 Å². The summed E-state index contributed by atoms with van der Waals surface area (Å²) in [4.78, 5) is 14.7. The monoisotopic (exact) mass is 401 g/mol. The molecule has 0 amide bonds. The molecule has 2 rings (SSSR count). The average molecular weight is 403 g/mol. The minimum Gasteiger partial charge on any atom is -0.475 e. The van der Waals surface area contributed by atoms with E-state index in [1.165, 1.54) is 11.3 Å². The van der Waals surface area contributed by atoms with E-state index in [0.29, 0.717) is 9.35 Å². The van der Waals surface area contributed by atoms with Crippen molar-refractivity contribution in [2.75, 3.05) is 0 Å². The van der Waals surface area contributed by atoms with Crippen molar-refractivity contribution in [3.8, 4) is 10.8 Å². The summed E-state index contributed by atoms with van der Waals surface area (Å²) in [6.45, 7) is 0. The van der Waals surface area contributed by atoms with Crippen LogP contribution in [0.25, 0.3) is 10.8 Å². The Balaban J connectivity index is 2.53. The van der Waals surface area contributed by atoms with Gasteiger partial charge in [0.2, 0.25) is 11.7 Å². The Hall–Kier alpha value is -0.800. The summed E-state index contributed by atoms with van der Waals surface area (Å²) in [5, 5.41) is 8.75. The number of oxazole rings is 1. The third-order valence-electron chi connectivity index (χ3n) is 1.91. The molecule has 0 spiro atoms. The lowest BCUT2D eigenvalue weighted by Gasteiger charge is -1.91. The SMILES string of the molecule is O=C(O)c1oc(-c2cc(Br)c(Br)s2)nc1C(F)F. The fraction of sp³-hybridized carbons (Fsp3) is 0.111. The van der Waals surface area contributed by atoms with Gasteiger partial charge in [0, 0.05) is 4.47 Å². The number of carboxylic acids is 1. The minimum atomic E-state index is -3.00. The smallest absolute Gasteiger partial charge is 0.374 e. The molecular weight excluding hydrogens is 400 g/mol. The summed E-state index contributed by atoms with van der Waals surface area (Å²) in [5.41, 5.74) is -0.863. The third-order valence-corrected chi connectivity index (χ3v) is 5.15. The number of aromatic nitrogens is 1. The molecule has 0 aliphatic carbocycles. The lowest BCUT2D eigenvalue weighted by molar-refractivity contribution is 0.0647. The molecule has 0 bridgehead atoms. The van der Waals surface area contributed by atoms with Crippen LogP contribution in [0.2, 0.25) is 0 Å². The topological polar surface area (TPSA) is 63.3 Å². The molecule has 0 saturated carbocycles. The highest BCUT2D eigenvalue weighted by Gasteiger charge is 2.27. The van der Waals surface area contributed by atoms with Gasteiger partial charge < -0.3 is 9.52 Å². The van der Waals surface area contributed by atoms with Crippen LogP contribution < -0.4 is 0 Å². The van der Waals surface area contributed by atoms with Gasteiger partial charge in [0.25, 0.3) is 6.43 Å². The van der Waals surface area contributed by atoms with Gasteiger partial charge in [-0.05, 0) is 37.9 Å². The van der Waals surface area contributed by atoms with Crippen LogP contribution in [0.1, 0.15) is 22.7 Å². The maximum atomic E-state index is 12.6. The van der Waals surface area contributed by atoms with Gasteiger partial charge in [-0.15, -0.1) is 11.3 Å². The third kappa shape index (κ3) is 2.47. The second kappa shape index (κ2) is 5.06. The van der Waals surface area contributed by atoms with E-state index < -0.39 is 23.8 Å². The predicted molar refractivity (Wildman–Crippen MR) is 67.1 cm³/mol. The zero-order valence-corrected chi connectivity index (χ0v) is 12.3. The molecule has 0 unspecified atom stereocenters. The Kier molecular flexibility index (Phi) is 3.83. The van der Waals surface area contributed by atoms with Crippen molar-refractivity contribution in [3.05, 3.63) is 25.8 Å². The fourth-order valence-corrected chi connectivity index (χ4v) is 3.15. The molecule has 0 atom stereocenters. The number of alkyl halides is 2. The lowest BCUT2D eigenvalue weighted by atomic mass is 10.3. The van der Waals surface area contributed by atoms with Crippen molar-refractivity contribution in [3.63, 3.8) is 0 Å². The van der Waals surface area contributed by atoms with Crippen LogP contribution in [0.3, 0.4) is 0 Å². The summed E-state index contributed by atoms with van der Waals surface area (Å²) in [6, 6.07) is 1.60. The number of nitrogens with zero attached hydrogens (tertiary/aromatic N) is 1. The van der Waals surface area contributed by atoms with Crippen molar-refractivity contribution in [2.24, 2.45) is 0 Å². The summed E-state index contributed by atoms with van der Waals surface area (Å²) in [5.74, 6) is -2.54. The number of hydrogen-bond donors (Lipinski definition) is 1.